The molecule has 0 bridgehead atoms. The van der Waals surface area contributed by atoms with Gasteiger partial charge in [-0.25, -0.2) is 0 Å². The number of rotatable bonds is 5. The van der Waals surface area contributed by atoms with E-state index in [0.29, 0.717) is 6.61 Å². The third-order valence-electron chi connectivity index (χ3n) is 3.49. The number of carbonyl (C=O) groups excluding carboxylic acids is 1. The highest BCUT2D eigenvalue weighted by Crippen LogP contribution is 2.08. The summed E-state index contributed by atoms with van der Waals surface area (Å²) in [5.41, 5.74) is 5.62. The smallest absolute Gasteiger partial charge is 0.239 e. The van der Waals surface area contributed by atoms with Crippen LogP contribution in [-0.4, -0.2) is 61.1 Å². The molecule has 1 amide bonds. The molecule has 0 saturated carbocycles. The van der Waals surface area contributed by atoms with Crippen LogP contribution >= 0.6 is 0 Å². The Morgan fingerprint density at radius 3 is 2.50 bits per heavy atom. The summed E-state index contributed by atoms with van der Waals surface area (Å²) in [5.74, 6) is 0.948. The number of hydrogen-bond donors (Lipinski definition) is 1. The fourth-order valence-electron chi connectivity index (χ4n) is 2.29. The van der Waals surface area contributed by atoms with E-state index in [1.54, 1.807) is 6.92 Å². The van der Waals surface area contributed by atoms with E-state index >= 15 is 0 Å². The van der Waals surface area contributed by atoms with Crippen molar-refractivity contribution in [1.29, 1.82) is 0 Å². The molecule has 1 unspecified atom stereocenters. The molecule has 1 atom stereocenters. The van der Waals surface area contributed by atoms with Gasteiger partial charge in [-0.1, -0.05) is 18.2 Å². The van der Waals surface area contributed by atoms with E-state index in [-0.39, 0.29) is 5.91 Å². The standard InChI is InChI=1S/C15H23N3O2/c1-13(16)15(19)18-9-7-17(8-10-18)11-12-20-14-5-3-2-4-6-14/h2-6,13H,7-12,16H2,1H3. The Labute approximate surface area is 120 Å². The summed E-state index contributed by atoms with van der Waals surface area (Å²) in [7, 11) is 0. The molecule has 1 aliphatic rings. The zero-order chi connectivity index (χ0) is 14.4. The highest BCUT2D eigenvalue weighted by Gasteiger charge is 2.22. The van der Waals surface area contributed by atoms with Crippen LogP contribution in [0.4, 0.5) is 0 Å². The summed E-state index contributed by atoms with van der Waals surface area (Å²) < 4.78 is 5.68. The number of piperazine rings is 1. The minimum atomic E-state index is -0.400. The van der Waals surface area contributed by atoms with Crippen molar-refractivity contribution < 1.29 is 9.53 Å². The molecule has 5 heteroatoms. The van der Waals surface area contributed by atoms with Crippen LogP contribution in [0.1, 0.15) is 6.92 Å². The van der Waals surface area contributed by atoms with Gasteiger partial charge in [0.15, 0.2) is 0 Å². The molecule has 0 radical (unpaired) electrons. The van der Waals surface area contributed by atoms with Crippen LogP contribution in [0.5, 0.6) is 5.75 Å². The first kappa shape index (κ1) is 14.8. The van der Waals surface area contributed by atoms with Gasteiger partial charge >= 0.3 is 0 Å². The maximum atomic E-state index is 11.8. The molecule has 5 nitrogen and oxygen atoms in total. The lowest BCUT2D eigenvalue weighted by Gasteiger charge is -2.35. The fraction of sp³-hybridized carbons (Fsp3) is 0.533. The Hall–Kier alpha value is -1.59. The Morgan fingerprint density at radius 1 is 1.25 bits per heavy atom. The first-order valence-corrected chi connectivity index (χ1v) is 7.11. The normalized spacial score (nSPS) is 17.8. The summed E-state index contributed by atoms with van der Waals surface area (Å²) in [6.45, 7) is 6.58. The van der Waals surface area contributed by atoms with Crippen molar-refractivity contribution >= 4 is 5.91 Å². The molecule has 0 aliphatic carbocycles. The Bertz CT molecular complexity index is 414. The number of nitrogens with two attached hydrogens (primary N) is 1. The van der Waals surface area contributed by atoms with Gasteiger partial charge < -0.3 is 15.4 Å². The number of amides is 1. The van der Waals surface area contributed by atoms with Crippen LogP contribution in [-0.2, 0) is 4.79 Å². The second-order valence-corrected chi connectivity index (χ2v) is 5.12. The van der Waals surface area contributed by atoms with Gasteiger partial charge in [0.1, 0.15) is 12.4 Å². The van der Waals surface area contributed by atoms with E-state index in [1.807, 2.05) is 35.2 Å². The van der Waals surface area contributed by atoms with Crippen LogP contribution in [0.15, 0.2) is 30.3 Å². The second-order valence-electron chi connectivity index (χ2n) is 5.12. The SMILES string of the molecule is CC(N)C(=O)N1CCN(CCOc2ccccc2)CC1. The molecule has 1 aromatic carbocycles. The number of hydrogen-bond acceptors (Lipinski definition) is 4. The average Bonchev–Trinajstić information content (AvgIpc) is 2.48. The first-order valence-electron chi connectivity index (χ1n) is 7.11. The summed E-state index contributed by atoms with van der Waals surface area (Å²) >= 11 is 0. The Balaban J connectivity index is 1.66. The van der Waals surface area contributed by atoms with Crippen LogP contribution in [0.2, 0.25) is 0 Å². The number of nitrogens with zero attached hydrogens (tertiary/aromatic N) is 2. The van der Waals surface area contributed by atoms with Crippen molar-refractivity contribution in [2.24, 2.45) is 5.73 Å². The first-order chi connectivity index (χ1) is 9.66. The van der Waals surface area contributed by atoms with E-state index in [1.165, 1.54) is 0 Å². The van der Waals surface area contributed by atoms with E-state index in [4.69, 9.17) is 10.5 Å². The molecular formula is C15H23N3O2. The molecule has 2 rings (SSSR count). The largest absolute Gasteiger partial charge is 0.492 e. The molecule has 0 spiro atoms. The van der Waals surface area contributed by atoms with Gasteiger partial charge in [0, 0.05) is 32.7 Å². The zero-order valence-electron chi connectivity index (χ0n) is 12.0. The second kappa shape index (κ2) is 7.26. The molecule has 20 heavy (non-hydrogen) atoms. The summed E-state index contributed by atoms with van der Waals surface area (Å²) in [6.07, 6.45) is 0. The number of ether oxygens (including phenoxy) is 1. The zero-order valence-corrected chi connectivity index (χ0v) is 12.0. The summed E-state index contributed by atoms with van der Waals surface area (Å²) in [5, 5.41) is 0. The van der Waals surface area contributed by atoms with Gasteiger partial charge in [-0.15, -0.1) is 0 Å². The molecular weight excluding hydrogens is 254 g/mol. The minimum Gasteiger partial charge on any atom is -0.492 e. The lowest BCUT2D eigenvalue weighted by atomic mass is 10.2. The fourth-order valence-corrected chi connectivity index (χ4v) is 2.29. The van der Waals surface area contributed by atoms with Crippen LogP contribution in [0.25, 0.3) is 0 Å². The molecule has 110 valence electrons. The summed E-state index contributed by atoms with van der Waals surface area (Å²) in [4.78, 5) is 15.9. The van der Waals surface area contributed by atoms with Gasteiger partial charge in [-0.05, 0) is 19.1 Å². The molecule has 0 aromatic heterocycles. The van der Waals surface area contributed by atoms with Crippen LogP contribution < -0.4 is 10.5 Å². The lowest BCUT2D eigenvalue weighted by Crippen LogP contribution is -2.53. The van der Waals surface area contributed by atoms with Crippen molar-refractivity contribution in [2.45, 2.75) is 13.0 Å². The average molecular weight is 277 g/mol. The van der Waals surface area contributed by atoms with E-state index < -0.39 is 6.04 Å². The molecule has 1 saturated heterocycles. The van der Waals surface area contributed by atoms with Gasteiger partial charge in [0.05, 0.1) is 6.04 Å². The van der Waals surface area contributed by atoms with Gasteiger partial charge in [0.25, 0.3) is 0 Å². The monoisotopic (exact) mass is 277 g/mol. The van der Waals surface area contributed by atoms with Crippen molar-refractivity contribution in [3.05, 3.63) is 30.3 Å². The third-order valence-corrected chi connectivity index (χ3v) is 3.49. The molecule has 1 fully saturated rings. The van der Waals surface area contributed by atoms with E-state index in [0.717, 1.165) is 38.5 Å². The van der Waals surface area contributed by atoms with Gasteiger partial charge in [-0.3, -0.25) is 9.69 Å². The van der Waals surface area contributed by atoms with Crippen molar-refractivity contribution in [1.82, 2.24) is 9.80 Å². The van der Waals surface area contributed by atoms with Crippen LogP contribution in [0.3, 0.4) is 0 Å². The van der Waals surface area contributed by atoms with Gasteiger partial charge in [-0.2, -0.15) is 0 Å². The van der Waals surface area contributed by atoms with Crippen molar-refractivity contribution in [3.8, 4) is 5.75 Å². The predicted octanol–water partition coefficient (Wildman–Crippen LogP) is 0.557. The Kier molecular flexibility index (Phi) is 5.38. The summed E-state index contributed by atoms with van der Waals surface area (Å²) in [6, 6.07) is 9.42. The maximum Gasteiger partial charge on any atom is 0.239 e. The molecule has 1 aromatic rings. The van der Waals surface area contributed by atoms with Gasteiger partial charge in [0.2, 0.25) is 5.91 Å². The number of para-hydroxylation sites is 1. The van der Waals surface area contributed by atoms with Crippen molar-refractivity contribution in [2.75, 3.05) is 39.3 Å². The molecule has 1 heterocycles. The van der Waals surface area contributed by atoms with Crippen LogP contribution in [0, 0.1) is 0 Å². The van der Waals surface area contributed by atoms with Crippen molar-refractivity contribution in [3.63, 3.8) is 0 Å². The quantitative estimate of drug-likeness (QED) is 0.854. The van der Waals surface area contributed by atoms with E-state index in [9.17, 15) is 4.79 Å². The predicted molar refractivity (Wildman–Crippen MR) is 78.6 cm³/mol. The lowest BCUT2D eigenvalue weighted by molar-refractivity contribution is -0.133. The minimum absolute atomic E-state index is 0.0465. The highest BCUT2D eigenvalue weighted by atomic mass is 16.5. The number of benzene rings is 1. The highest BCUT2D eigenvalue weighted by molar-refractivity contribution is 5.81. The Morgan fingerprint density at radius 2 is 1.90 bits per heavy atom. The van der Waals surface area contributed by atoms with E-state index in [2.05, 4.69) is 4.90 Å². The maximum absolute atomic E-state index is 11.8. The third kappa shape index (κ3) is 4.21. The topological polar surface area (TPSA) is 58.8 Å². The number of carbonyl (C=O) groups is 1. The molecule has 2 N–H and O–H groups in total. The molecule has 1 aliphatic heterocycles.